The second kappa shape index (κ2) is 6.60. The van der Waals surface area contributed by atoms with Gasteiger partial charge in [-0.1, -0.05) is 13.0 Å². The monoisotopic (exact) mass is 199 g/mol. The van der Waals surface area contributed by atoms with Gasteiger partial charge in [-0.15, -0.1) is 6.58 Å². The van der Waals surface area contributed by atoms with E-state index in [1.165, 1.54) is 7.11 Å². The third kappa shape index (κ3) is 5.02. The largest absolute Gasteiger partial charge is 0.469 e. The Morgan fingerprint density at radius 1 is 1.50 bits per heavy atom. The minimum atomic E-state index is -0.148. The number of methoxy groups -OCH3 is 1. The van der Waals surface area contributed by atoms with Crippen molar-refractivity contribution in [3.05, 3.63) is 12.7 Å². The molecule has 0 aliphatic heterocycles. The van der Waals surface area contributed by atoms with Crippen LogP contribution in [0.2, 0.25) is 0 Å². The van der Waals surface area contributed by atoms with Gasteiger partial charge in [0.25, 0.3) is 0 Å². The van der Waals surface area contributed by atoms with Gasteiger partial charge in [0, 0.05) is 12.1 Å². The van der Waals surface area contributed by atoms with Gasteiger partial charge in [0.2, 0.25) is 0 Å². The summed E-state index contributed by atoms with van der Waals surface area (Å²) in [5, 5.41) is 3.31. The van der Waals surface area contributed by atoms with Crippen molar-refractivity contribution in [1.29, 1.82) is 0 Å². The number of rotatable bonds is 6. The van der Waals surface area contributed by atoms with E-state index in [4.69, 9.17) is 0 Å². The standard InChI is InChI=1S/C11H21NO2/c1-6-9(3)12-10(4)7-8(2)11(13)14-5/h6,8-10,12H,1,7H2,2-5H3. The first-order chi connectivity index (χ1) is 6.51. The highest BCUT2D eigenvalue weighted by molar-refractivity contribution is 5.71. The normalized spacial score (nSPS) is 16.9. The van der Waals surface area contributed by atoms with E-state index in [0.717, 1.165) is 6.42 Å². The molecule has 0 rings (SSSR count). The number of hydrogen-bond donors (Lipinski definition) is 1. The maximum atomic E-state index is 11.1. The molecule has 0 aliphatic rings. The van der Waals surface area contributed by atoms with Crippen molar-refractivity contribution in [3.63, 3.8) is 0 Å². The van der Waals surface area contributed by atoms with Crippen molar-refractivity contribution in [1.82, 2.24) is 5.32 Å². The summed E-state index contributed by atoms with van der Waals surface area (Å²) in [6.07, 6.45) is 2.63. The van der Waals surface area contributed by atoms with Gasteiger partial charge in [0.05, 0.1) is 13.0 Å². The fraction of sp³-hybridized carbons (Fsp3) is 0.727. The minimum absolute atomic E-state index is 0.0560. The zero-order valence-corrected chi connectivity index (χ0v) is 9.54. The van der Waals surface area contributed by atoms with Crippen molar-refractivity contribution in [2.45, 2.75) is 39.3 Å². The summed E-state index contributed by atoms with van der Waals surface area (Å²) in [6, 6.07) is 0.562. The molecule has 3 atom stereocenters. The lowest BCUT2D eigenvalue weighted by atomic mass is 10.0. The quantitative estimate of drug-likeness (QED) is 0.523. The fourth-order valence-corrected chi connectivity index (χ4v) is 1.41. The van der Waals surface area contributed by atoms with Gasteiger partial charge in [-0.2, -0.15) is 0 Å². The van der Waals surface area contributed by atoms with E-state index in [1.54, 1.807) is 0 Å². The summed E-state index contributed by atoms with van der Waals surface area (Å²) >= 11 is 0. The predicted octanol–water partition coefficient (Wildman–Crippen LogP) is 1.74. The second-order valence-corrected chi connectivity index (χ2v) is 3.75. The van der Waals surface area contributed by atoms with Crippen molar-refractivity contribution >= 4 is 5.97 Å². The molecule has 0 heterocycles. The lowest BCUT2D eigenvalue weighted by molar-refractivity contribution is -0.145. The van der Waals surface area contributed by atoms with Crippen LogP contribution in [-0.2, 0) is 9.53 Å². The lowest BCUT2D eigenvalue weighted by Gasteiger charge is -2.19. The van der Waals surface area contributed by atoms with Crippen molar-refractivity contribution in [2.75, 3.05) is 7.11 Å². The molecule has 3 heteroatoms. The Bertz CT molecular complexity index is 192. The van der Waals surface area contributed by atoms with Crippen LogP contribution in [0.3, 0.4) is 0 Å². The van der Waals surface area contributed by atoms with Gasteiger partial charge in [0.1, 0.15) is 0 Å². The number of carbonyl (C=O) groups excluding carboxylic acids is 1. The average molecular weight is 199 g/mol. The Labute approximate surface area is 86.5 Å². The van der Waals surface area contributed by atoms with Gasteiger partial charge in [-0.25, -0.2) is 0 Å². The molecule has 0 saturated heterocycles. The van der Waals surface area contributed by atoms with Crippen LogP contribution in [-0.4, -0.2) is 25.2 Å². The van der Waals surface area contributed by atoms with Gasteiger partial charge in [-0.05, 0) is 20.3 Å². The predicted molar refractivity (Wildman–Crippen MR) is 58.1 cm³/mol. The van der Waals surface area contributed by atoms with Gasteiger partial charge < -0.3 is 10.1 Å². The number of esters is 1. The van der Waals surface area contributed by atoms with Crippen LogP contribution < -0.4 is 5.32 Å². The molecule has 0 spiro atoms. The smallest absolute Gasteiger partial charge is 0.308 e. The topological polar surface area (TPSA) is 38.3 Å². The first kappa shape index (κ1) is 13.2. The maximum Gasteiger partial charge on any atom is 0.308 e. The molecule has 0 saturated carbocycles. The van der Waals surface area contributed by atoms with Crippen molar-refractivity contribution in [2.24, 2.45) is 5.92 Å². The third-order valence-electron chi connectivity index (χ3n) is 2.21. The fourth-order valence-electron chi connectivity index (χ4n) is 1.41. The van der Waals surface area contributed by atoms with Crippen LogP contribution in [0.5, 0.6) is 0 Å². The van der Waals surface area contributed by atoms with Crippen LogP contribution in [0, 0.1) is 5.92 Å². The van der Waals surface area contributed by atoms with E-state index in [-0.39, 0.29) is 24.0 Å². The molecule has 3 nitrogen and oxygen atoms in total. The molecule has 3 unspecified atom stereocenters. The van der Waals surface area contributed by atoms with Crippen LogP contribution in [0.25, 0.3) is 0 Å². The molecular weight excluding hydrogens is 178 g/mol. The molecular formula is C11H21NO2. The Morgan fingerprint density at radius 2 is 2.07 bits per heavy atom. The molecule has 0 fully saturated rings. The maximum absolute atomic E-state index is 11.1. The van der Waals surface area contributed by atoms with Crippen LogP contribution >= 0.6 is 0 Å². The van der Waals surface area contributed by atoms with Crippen molar-refractivity contribution < 1.29 is 9.53 Å². The molecule has 0 bridgehead atoms. The minimum Gasteiger partial charge on any atom is -0.469 e. The van der Waals surface area contributed by atoms with Crippen LogP contribution in [0.15, 0.2) is 12.7 Å². The van der Waals surface area contributed by atoms with E-state index < -0.39 is 0 Å². The summed E-state index contributed by atoms with van der Waals surface area (Å²) in [5.41, 5.74) is 0. The van der Waals surface area contributed by atoms with E-state index >= 15 is 0 Å². The summed E-state index contributed by atoms with van der Waals surface area (Å²) in [6.45, 7) is 9.66. The van der Waals surface area contributed by atoms with E-state index in [0.29, 0.717) is 0 Å². The first-order valence-electron chi connectivity index (χ1n) is 4.97. The van der Waals surface area contributed by atoms with Crippen LogP contribution in [0.4, 0.5) is 0 Å². The van der Waals surface area contributed by atoms with Gasteiger partial charge in [0.15, 0.2) is 0 Å². The van der Waals surface area contributed by atoms with Crippen molar-refractivity contribution in [3.8, 4) is 0 Å². The van der Waals surface area contributed by atoms with Gasteiger partial charge in [-0.3, -0.25) is 4.79 Å². The number of hydrogen-bond acceptors (Lipinski definition) is 3. The molecule has 0 aromatic heterocycles. The molecule has 0 aliphatic carbocycles. The molecule has 0 aromatic rings. The number of carbonyl (C=O) groups is 1. The molecule has 0 amide bonds. The molecule has 0 aromatic carbocycles. The molecule has 82 valence electrons. The lowest BCUT2D eigenvalue weighted by Crippen LogP contribution is -2.35. The highest BCUT2D eigenvalue weighted by Gasteiger charge is 2.16. The van der Waals surface area contributed by atoms with E-state index in [1.807, 2.05) is 19.9 Å². The highest BCUT2D eigenvalue weighted by atomic mass is 16.5. The average Bonchev–Trinajstić information content (AvgIpc) is 2.15. The Hall–Kier alpha value is -0.830. The van der Waals surface area contributed by atoms with E-state index in [2.05, 4.69) is 23.6 Å². The Kier molecular flexibility index (Phi) is 6.21. The summed E-state index contributed by atoms with van der Waals surface area (Å²) in [4.78, 5) is 11.1. The second-order valence-electron chi connectivity index (χ2n) is 3.75. The zero-order valence-electron chi connectivity index (χ0n) is 9.54. The van der Waals surface area contributed by atoms with E-state index in [9.17, 15) is 4.79 Å². The van der Waals surface area contributed by atoms with Crippen LogP contribution in [0.1, 0.15) is 27.2 Å². The Morgan fingerprint density at radius 3 is 2.50 bits per heavy atom. The molecule has 0 radical (unpaired) electrons. The zero-order chi connectivity index (χ0) is 11.1. The summed E-state index contributed by atoms with van der Waals surface area (Å²) < 4.78 is 4.66. The van der Waals surface area contributed by atoms with Gasteiger partial charge >= 0.3 is 5.97 Å². The first-order valence-corrected chi connectivity index (χ1v) is 4.97. The third-order valence-corrected chi connectivity index (χ3v) is 2.21. The number of ether oxygens (including phenoxy) is 1. The Balaban J connectivity index is 3.87. The number of nitrogens with one attached hydrogen (secondary N) is 1. The summed E-state index contributed by atoms with van der Waals surface area (Å²) in [7, 11) is 1.42. The SMILES string of the molecule is C=CC(C)NC(C)CC(C)C(=O)OC. The molecule has 14 heavy (non-hydrogen) atoms. The molecule has 1 N–H and O–H groups in total. The summed E-state index contributed by atoms with van der Waals surface area (Å²) in [5.74, 6) is -0.204. The highest BCUT2D eigenvalue weighted by Crippen LogP contribution is 2.08.